The molecule has 0 N–H and O–H groups in total. The Morgan fingerprint density at radius 3 is 2.17 bits per heavy atom. The summed E-state index contributed by atoms with van der Waals surface area (Å²) in [5.41, 5.74) is 0. The number of likely N-dealkylation sites (tertiary alicyclic amines) is 1. The maximum absolute atomic E-state index is 12.2. The fraction of sp³-hybridized carbons (Fsp3) is 0.800. The maximum atomic E-state index is 12.2. The van der Waals surface area contributed by atoms with Crippen molar-refractivity contribution in [3.63, 3.8) is 0 Å². The molecule has 5 nitrogen and oxygen atoms in total. The lowest BCUT2D eigenvalue weighted by Gasteiger charge is -2.32. The molecule has 0 aliphatic carbocycles. The zero-order valence-electron chi connectivity index (χ0n) is 10.2. The third-order valence-electron chi connectivity index (χ3n) is 2.96. The molecule has 18 heavy (non-hydrogen) atoms. The van der Waals surface area contributed by atoms with Gasteiger partial charge in [-0.1, -0.05) is 0 Å². The second-order valence-electron chi connectivity index (χ2n) is 4.08. The Labute approximate surface area is 102 Å². The van der Waals surface area contributed by atoms with Gasteiger partial charge in [0.2, 0.25) is 5.91 Å². The second-order valence-corrected chi connectivity index (χ2v) is 4.08. The van der Waals surface area contributed by atoms with Crippen molar-refractivity contribution < 1.29 is 27.6 Å². The summed E-state index contributed by atoms with van der Waals surface area (Å²) in [4.78, 5) is 28.1. The number of carbonyl (C=O) groups is 2. The number of hydrogen-bond donors (Lipinski definition) is 0. The van der Waals surface area contributed by atoms with Gasteiger partial charge < -0.3 is 4.90 Å². The number of amides is 2. The molecule has 0 radical (unpaired) electrons. The largest absolute Gasteiger partial charge is 0.471 e. The number of halogens is 3. The van der Waals surface area contributed by atoms with E-state index in [9.17, 15) is 22.8 Å². The SMILES string of the molecule is CON(C)C(=O)C1CCN(C(=O)C(F)(F)F)CC1. The molecule has 2 amide bonds. The van der Waals surface area contributed by atoms with E-state index >= 15 is 0 Å². The van der Waals surface area contributed by atoms with Crippen LogP contribution < -0.4 is 0 Å². The van der Waals surface area contributed by atoms with Crippen molar-refractivity contribution in [3.05, 3.63) is 0 Å². The Morgan fingerprint density at radius 1 is 1.28 bits per heavy atom. The molecule has 0 spiro atoms. The van der Waals surface area contributed by atoms with E-state index in [1.807, 2.05) is 0 Å². The van der Waals surface area contributed by atoms with Gasteiger partial charge in [0.15, 0.2) is 0 Å². The second kappa shape index (κ2) is 5.55. The minimum atomic E-state index is -4.85. The molecule has 0 aromatic rings. The predicted octanol–water partition coefficient (Wildman–Crippen LogP) is 0.807. The van der Waals surface area contributed by atoms with E-state index in [4.69, 9.17) is 4.84 Å². The lowest BCUT2D eigenvalue weighted by Crippen LogP contribution is -2.47. The van der Waals surface area contributed by atoms with Crippen LogP contribution in [-0.2, 0) is 14.4 Å². The van der Waals surface area contributed by atoms with Gasteiger partial charge in [-0.15, -0.1) is 0 Å². The average Bonchev–Trinajstić information content (AvgIpc) is 2.35. The number of carbonyl (C=O) groups excluding carboxylic acids is 2. The van der Waals surface area contributed by atoms with Gasteiger partial charge in [-0.05, 0) is 12.8 Å². The van der Waals surface area contributed by atoms with E-state index in [2.05, 4.69) is 0 Å². The molecule has 1 heterocycles. The van der Waals surface area contributed by atoms with Crippen LogP contribution in [-0.4, -0.2) is 55.2 Å². The number of nitrogens with zero attached hydrogens (tertiary/aromatic N) is 2. The summed E-state index contributed by atoms with van der Waals surface area (Å²) >= 11 is 0. The molecule has 0 saturated carbocycles. The van der Waals surface area contributed by atoms with Crippen molar-refractivity contribution >= 4 is 11.8 Å². The van der Waals surface area contributed by atoms with Crippen LogP contribution in [0.2, 0.25) is 0 Å². The number of hydroxylamine groups is 2. The first-order valence-electron chi connectivity index (χ1n) is 5.45. The lowest BCUT2D eigenvalue weighted by molar-refractivity contribution is -0.188. The highest BCUT2D eigenvalue weighted by atomic mass is 19.4. The van der Waals surface area contributed by atoms with E-state index in [0.29, 0.717) is 0 Å². The summed E-state index contributed by atoms with van der Waals surface area (Å²) in [5.74, 6) is -2.52. The minimum Gasteiger partial charge on any atom is -0.335 e. The summed E-state index contributed by atoms with van der Waals surface area (Å²) < 4.78 is 36.6. The number of hydrogen-bond acceptors (Lipinski definition) is 3. The standard InChI is InChI=1S/C10H15F3N2O3/c1-14(18-2)8(16)7-3-5-15(6-4-7)9(17)10(11,12)13/h7H,3-6H2,1-2H3. The summed E-state index contributed by atoms with van der Waals surface area (Å²) in [6.45, 7) is -0.126. The van der Waals surface area contributed by atoms with Gasteiger partial charge in [-0.2, -0.15) is 13.2 Å². The smallest absolute Gasteiger partial charge is 0.335 e. The van der Waals surface area contributed by atoms with Crippen LogP contribution in [0.5, 0.6) is 0 Å². The summed E-state index contributed by atoms with van der Waals surface area (Å²) in [6, 6.07) is 0. The molecule has 0 aromatic heterocycles. The Morgan fingerprint density at radius 2 is 1.78 bits per heavy atom. The van der Waals surface area contributed by atoms with E-state index < -0.39 is 18.0 Å². The Kier molecular flexibility index (Phi) is 4.55. The fourth-order valence-corrected chi connectivity index (χ4v) is 1.86. The highest BCUT2D eigenvalue weighted by Gasteiger charge is 2.43. The molecule has 1 saturated heterocycles. The molecule has 0 bridgehead atoms. The summed E-state index contributed by atoms with van der Waals surface area (Å²) in [5, 5.41) is 1.05. The molecule has 1 rings (SSSR count). The van der Waals surface area contributed by atoms with Crippen molar-refractivity contribution in [1.82, 2.24) is 9.96 Å². The molecule has 0 unspecified atom stereocenters. The average molecular weight is 268 g/mol. The van der Waals surface area contributed by atoms with Crippen LogP contribution >= 0.6 is 0 Å². The van der Waals surface area contributed by atoms with E-state index in [-0.39, 0.29) is 31.8 Å². The fourth-order valence-electron chi connectivity index (χ4n) is 1.86. The van der Waals surface area contributed by atoms with Crippen molar-refractivity contribution in [2.24, 2.45) is 5.92 Å². The molecule has 1 aliphatic heterocycles. The van der Waals surface area contributed by atoms with Crippen molar-refractivity contribution in [1.29, 1.82) is 0 Å². The minimum absolute atomic E-state index is 0.0632. The van der Waals surface area contributed by atoms with E-state index in [1.165, 1.54) is 14.2 Å². The van der Waals surface area contributed by atoms with Gasteiger partial charge in [0.1, 0.15) is 0 Å². The molecule has 0 aromatic carbocycles. The van der Waals surface area contributed by atoms with Crippen LogP contribution in [0.15, 0.2) is 0 Å². The Hall–Kier alpha value is -1.31. The van der Waals surface area contributed by atoms with Gasteiger partial charge in [-0.3, -0.25) is 14.4 Å². The van der Waals surface area contributed by atoms with Gasteiger partial charge in [0.05, 0.1) is 7.11 Å². The van der Waals surface area contributed by atoms with Gasteiger partial charge >= 0.3 is 12.1 Å². The third kappa shape index (κ3) is 3.34. The van der Waals surface area contributed by atoms with Gasteiger partial charge in [0, 0.05) is 26.1 Å². The molecule has 0 atom stereocenters. The lowest BCUT2D eigenvalue weighted by atomic mass is 9.96. The van der Waals surface area contributed by atoms with Crippen LogP contribution in [0, 0.1) is 5.92 Å². The third-order valence-corrected chi connectivity index (χ3v) is 2.96. The van der Waals surface area contributed by atoms with Crippen LogP contribution in [0.25, 0.3) is 0 Å². The zero-order valence-corrected chi connectivity index (χ0v) is 10.2. The first-order chi connectivity index (χ1) is 8.27. The van der Waals surface area contributed by atoms with Crippen LogP contribution in [0.1, 0.15) is 12.8 Å². The maximum Gasteiger partial charge on any atom is 0.471 e. The quantitative estimate of drug-likeness (QED) is 0.696. The molecular weight excluding hydrogens is 253 g/mol. The first kappa shape index (κ1) is 14.7. The van der Waals surface area contributed by atoms with Crippen LogP contribution in [0.4, 0.5) is 13.2 Å². The highest BCUT2D eigenvalue weighted by molar-refractivity contribution is 5.82. The number of piperidine rings is 1. The Bertz CT molecular complexity index is 325. The molecule has 104 valence electrons. The van der Waals surface area contributed by atoms with E-state index in [0.717, 1.165) is 9.96 Å². The zero-order chi connectivity index (χ0) is 13.9. The topological polar surface area (TPSA) is 49.9 Å². The molecule has 8 heteroatoms. The molecule has 1 aliphatic rings. The summed E-state index contributed by atoms with van der Waals surface area (Å²) in [6.07, 6.45) is -4.41. The highest BCUT2D eigenvalue weighted by Crippen LogP contribution is 2.24. The molecular formula is C10H15F3N2O3. The van der Waals surface area contributed by atoms with Crippen LogP contribution in [0.3, 0.4) is 0 Å². The van der Waals surface area contributed by atoms with Gasteiger partial charge in [-0.25, -0.2) is 5.06 Å². The Balaban J connectivity index is 2.51. The van der Waals surface area contributed by atoms with Crippen molar-refractivity contribution in [2.75, 3.05) is 27.2 Å². The van der Waals surface area contributed by atoms with Gasteiger partial charge in [0.25, 0.3) is 0 Å². The summed E-state index contributed by atoms with van der Waals surface area (Å²) in [7, 11) is 2.77. The number of alkyl halides is 3. The first-order valence-corrected chi connectivity index (χ1v) is 5.45. The van der Waals surface area contributed by atoms with E-state index in [1.54, 1.807) is 0 Å². The predicted molar refractivity (Wildman–Crippen MR) is 55.1 cm³/mol. The molecule has 1 fully saturated rings. The monoisotopic (exact) mass is 268 g/mol. The normalized spacial score (nSPS) is 17.7. The van der Waals surface area contributed by atoms with Crippen molar-refractivity contribution in [2.45, 2.75) is 19.0 Å². The number of rotatable bonds is 2. The van der Waals surface area contributed by atoms with Crippen molar-refractivity contribution in [3.8, 4) is 0 Å².